The standard InChI is InChI=1S/C21H16Cl2N4OS/c22-15-7-17(23)19-18(8-15)29-21(27-19)26-16-5-3-13(4-6-16)14-9-24-20(25-10-14)28-11-12-1-2-12/h3-10,12H,1-2,11H2,(H,26,27). The lowest BCUT2D eigenvalue weighted by Crippen LogP contribution is -2.02. The molecule has 0 spiro atoms. The molecule has 5 nitrogen and oxygen atoms in total. The monoisotopic (exact) mass is 442 g/mol. The van der Waals surface area contributed by atoms with E-state index in [-0.39, 0.29) is 0 Å². The van der Waals surface area contributed by atoms with Crippen LogP contribution in [0.5, 0.6) is 6.01 Å². The second-order valence-corrected chi connectivity index (χ2v) is 8.84. The van der Waals surface area contributed by atoms with E-state index in [1.165, 1.54) is 24.2 Å². The number of fused-ring (bicyclic) bond motifs is 1. The Morgan fingerprint density at radius 1 is 1.03 bits per heavy atom. The van der Waals surface area contributed by atoms with Gasteiger partial charge in [0.15, 0.2) is 5.13 Å². The summed E-state index contributed by atoms with van der Waals surface area (Å²) >= 11 is 13.8. The summed E-state index contributed by atoms with van der Waals surface area (Å²) in [5, 5.41) is 5.23. The van der Waals surface area contributed by atoms with E-state index in [0.29, 0.717) is 28.6 Å². The van der Waals surface area contributed by atoms with Crippen LogP contribution in [0.3, 0.4) is 0 Å². The average molecular weight is 443 g/mol. The number of hydrogen-bond acceptors (Lipinski definition) is 6. The van der Waals surface area contributed by atoms with E-state index in [4.69, 9.17) is 27.9 Å². The quantitative estimate of drug-likeness (QED) is 0.364. The van der Waals surface area contributed by atoms with Gasteiger partial charge in [-0.2, -0.15) is 0 Å². The Morgan fingerprint density at radius 3 is 2.52 bits per heavy atom. The van der Waals surface area contributed by atoms with Crippen LogP contribution in [0.4, 0.5) is 10.8 Å². The second-order valence-electron chi connectivity index (χ2n) is 6.96. The summed E-state index contributed by atoms with van der Waals surface area (Å²) in [6.07, 6.45) is 6.07. The van der Waals surface area contributed by atoms with Gasteiger partial charge in [0, 0.05) is 28.7 Å². The third-order valence-corrected chi connectivity index (χ3v) is 6.08. The summed E-state index contributed by atoms with van der Waals surface area (Å²) < 4.78 is 6.54. The van der Waals surface area contributed by atoms with Crippen molar-refractivity contribution in [2.45, 2.75) is 12.8 Å². The molecule has 4 aromatic rings. The van der Waals surface area contributed by atoms with Gasteiger partial charge in [0.1, 0.15) is 5.52 Å². The van der Waals surface area contributed by atoms with Gasteiger partial charge >= 0.3 is 6.01 Å². The largest absolute Gasteiger partial charge is 0.463 e. The van der Waals surface area contributed by atoms with E-state index in [2.05, 4.69) is 20.3 Å². The van der Waals surface area contributed by atoms with Crippen molar-refractivity contribution in [3.05, 3.63) is 58.8 Å². The summed E-state index contributed by atoms with van der Waals surface area (Å²) in [7, 11) is 0. The van der Waals surface area contributed by atoms with E-state index >= 15 is 0 Å². The van der Waals surface area contributed by atoms with Gasteiger partial charge in [-0.1, -0.05) is 46.7 Å². The normalized spacial score (nSPS) is 13.6. The molecule has 0 amide bonds. The van der Waals surface area contributed by atoms with Crippen molar-refractivity contribution in [1.29, 1.82) is 0 Å². The summed E-state index contributed by atoms with van der Waals surface area (Å²) in [4.78, 5) is 13.2. The molecule has 0 unspecified atom stereocenters. The van der Waals surface area contributed by atoms with E-state index in [1.54, 1.807) is 18.5 Å². The fraction of sp³-hybridized carbons (Fsp3) is 0.190. The van der Waals surface area contributed by atoms with Gasteiger partial charge in [0.2, 0.25) is 0 Å². The Morgan fingerprint density at radius 2 is 1.79 bits per heavy atom. The molecule has 1 saturated carbocycles. The molecule has 1 N–H and O–H groups in total. The Bertz CT molecular complexity index is 1160. The predicted octanol–water partition coefficient (Wildman–Crippen LogP) is 6.59. The number of nitrogens with zero attached hydrogens (tertiary/aromatic N) is 3. The van der Waals surface area contributed by atoms with Gasteiger partial charge in [-0.05, 0) is 48.6 Å². The maximum absolute atomic E-state index is 6.23. The van der Waals surface area contributed by atoms with E-state index < -0.39 is 0 Å². The van der Waals surface area contributed by atoms with Crippen LogP contribution in [0, 0.1) is 5.92 Å². The maximum atomic E-state index is 6.23. The molecule has 0 aliphatic heterocycles. The smallest absolute Gasteiger partial charge is 0.316 e. The molecule has 1 aliphatic rings. The lowest BCUT2D eigenvalue weighted by atomic mass is 10.1. The molecule has 0 atom stereocenters. The molecule has 2 aromatic carbocycles. The third kappa shape index (κ3) is 4.29. The van der Waals surface area contributed by atoms with Crippen molar-refractivity contribution in [3.8, 4) is 17.1 Å². The van der Waals surface area contributed by atoms with Crippen molar-refractivity contribution in [2.75, 3.05) is 11.9 Å². The highest BCUT2D eigenvalue weighted by Crippen LogP contribution is 2.35. The predicted molar refractivity (Wildman–Crippen MR) is 119 cm³/mol. The van der Waals surface area contributed by atoms with Crippen LogP contribution < -0.4 is 10.1 Å². The fourth-order valence-electron chi connectivity index (χ4n) is 2.90. The lowest BCUT2D eigenvalue weighted by Gasteiger charge is -2.06. The number of aromatic nitrogens is 3. The minimum atomic E-state index is 0.438. The summed E-state index contributed by atoms with van der Waals surface area (Å²) in [5.41, 5.74) is 3.65. The molecule has 146 valence electrons. The highest BCUT2D eigenvalue weighted by molar-refractivity contribution is 7.22. The number of halogens is 2. The molecule has 1 fully saturated rings. The zero-order chi connectivity index (χ0) is 19.8. The van der Waals surface area contributed by atoms with Crippen LogP contribution in [0.2, 0.25) is 10.0 Å². The number of anilines is 2. The number of ether oxygens (including phenoxy) is 1. The van der Waals surface area contributed by atoms with E-state index in [9.17, 15) is 0 Å². The Hall–Kier alpha value is -2.41. The molecular weight excluding hydrogens is 427 g/mol. The minimum absolute atomic E-state index is 0.438. The summed E-state index contributed by atoms with van der Waals surface area (Å²) in [5.74, 6) is 0.682. The molecule has 1 aliphatic carbocycles. The van der Waals surface area contributed by atoms with Crippen molar-refractivity contribution in [2.24, 2.45) is 5.92 Å². The van der Waals surface area contributed by atoms with Crippen molar-refractivity contribution < 1.29 is 4.74 Å². The molecule has 29 heavy (non-hydrogen) atoms. The van der Waals surface area contributed by atoms with Gasteiger partial charge in [-0.3, -0.25) is 0 Å². The van der Waals surface area contributed by atoms with Gasteiger partial charge in [-0.25, -0.2) is 15.0 Å². The molecule has 8 heteroatoms. The first-order valence-electron chi connectivity index (χ1n) is 9.22. The topological polar surface area (TPSA) is 59.9 Å². The zero-order valence-corrected chi connectivity index (χ0v) is 17.6. The Balaban J connectivity index is 1.29. The van der Waals surface area contributed by atoms with E-state index in [0.717, 1.165) is 32.2 Å². The number of benzene rings is 2. The minimum Gasteiger partial charge on any atom is -0.463 e. The Labute approximate surface area is 181 Å². The van der Waals surface area contributed by atoms with Gasteiger partial charge in [0.05, 0.1) is 16.3 Å². The maximum Gasteiger partial charge on any atom is 0.316 e. The van der Waals surface area contributed by atoms with Crippen LogP contribution in [0.1, 0.15) is 12.8 Å². The molecule has 2 aromatic heterocycles. The zero-order valence-electron chi connectivity index (χ0n) is 15.2. The van der Waals surface area contributed by atoms with Crippen LogP contribution in [-0.2, 0) is 0 Å². The fourth-order valence-corrected chi connectivity index (χ4v) is 4.51. The number of thiazole rings is 1. The van der Waals surface area contributed by atoms with Gasteiger partial charge in [-0.15, -0.1) is 0 Å². The van der Waals surface area contributed by atoms with Gasteiger partial charge in [0.25, 0.3) is 0 Å². The van der Waals surface area contributed by atoms with Crippen LogP contribution >= 0.6 is 34.5 Å². The number of rotatable bonds is 6. The van der Waals surface area contributed by atoms with Crippen LogP contribution in [-0.4, -0.2) is 21.6 Å². The van der Waals surface area contributed by atoms with Crippen molar-refractivity contribution in [3.63, 3.8) is 0 Å². The van der Waals surface area contributed by atoms with Crippen LogP contribution in [0.25, 0.3) is 21.3 Å². The lowest BCUT2D eigenvalue weighted by molar-refractivity contribution is 0.276. The molecular formula is C21H16Cl2N4OS. The van der Waals surface area contributed by atoms with Crippen molar-refractivity contribution in [1.82, 2.24) is 15.0 Å². The number of nitrogens with one attached hydrogen (secondary N) is 1. The highest BCUT2D eigenvalue weighted by Gasteiger charge is 2.22. The highest BCUT2D eigenvalue weighted by atomic mass is 35.5. The first-order valence-corrected chi connectivity index (χ1v) is 10.8. The molecule has 2 heterocycles. The molecule has 0 bridgehead atoms. The first kappa shape index (κ1) is 18.6. The second kappa shape index (κ2) is 7.78. The summed E-state index contributed by atoms with van der Waals surface area (Å²) in [6.45, 7) is 0.711. The molecule has 5 rings (SSSR count). The molecule has 0 saturated heterocycles. The third-order valence-electron chi connectivity index (χ3n) is 4.66. The number of hydrogen-bond donors (Lipinski definition) is 1. The first-order chi connectivity index (χ1) is 14.1. The molecule has 0 radical (unpaired) electrons. The average Bonchev–Trinajstić information content (AvgIpc) is 3.46. The van der Waals surface area contributed by atoms with Gasteiger partial charge < -0.3 is 10.1 Å². The van der Waals surface area contributed by atoms with E-state index in [1.807, 2.05) is 30.3 Å². The SMILES string of the molecule is Clc1cc(Cl)c2nc(Nc3ccc(-c4cnc(OCC5CC5)nc4)cc3)sc2c1. The van der Waals surface area contributed by atoms with Crippen molar-refractivity contribution >= 4 is 55.6 Å². The van der Waals surface area contributed by atoms with Crippen LogP contribution in [0.15, 0.2) is 48.8 Å². The Kier molecular flexibility index (Phi) is 4.99. The summed E-state index contributed by atoms with van der Waals surface area (Å²) in [6, 6.07) is 12.0.